The average Bonchev–Trinajstić information content (AvgIpc) is 3.06. The first-order chi connectivity index (χ1) is 15.1. The lowest BCUT2D eigenvalue weighted by atomic mass is 10.1. The average molecular weight is 412 g/mol. The fraction of sp³-hybridized carbons (Fsp3) is 0.250. The van der Waals surface area contributed by atoms with Crippen LogP contribution in [0.2, 0.25) is 0 Å². The topological polar surface area (TPSA) is 18.0 Å². The van der Waals surface area contributed by atoms with Gasteiger partial charge in [-0.25, -0.2) is 0 Å². The molecular weight excluding hydrogens is 380 g/mol. The Morgan fingerprint density at radius 1 is 0.903 bits per heavy atom. The van der Waals surface area contributed by atoms with E-state index in [1.807, 2.05) is 6.92 Å². The summed E-state index contributed by atoms with van der Waals surface area (Å²) in [6.45, 7) is 10.8. The molecule has 0 atom stereocenters. The van der Waals surface area contributed by atoms with Crippen molar-refractivity contribution < 1.29 is 9.30 Å². The number of pyridine rings is 1. The first-order valence-electron chi connectivity index (χ1n) is 11.0. The molecule has 0 radical (unpaired) electrons. The molecule has 158 valence electrons. The van der Waals surface area contributed by atoms with Gasteiger partial charge in [-0.1, -0.05) is 29.8 Å². The molecule has 0 aliphatic heterocycles. The molecule has 0 N–H and O–H groups in total. The summed E-state index contributed by atoms with van der Waals surface area (Å²) in [5, 5.41) is 1.26. The summed E-state index contributed by atoms with van der Waals surface area (Å²) in [6.07, 6.45) is 4.46. The van der Waals surface area contributed by atoms with E-state index >= 15 is 0 Å². The number of para-hydroxylation sites is 1. The maximum absolute atomic E-state index is 5.67. The Morgan fingerprint density at radius 2 is 1.71 bits per heavy atom. The molecule has 3 heteroatoms. The molecule has 2 aromatic heterocycles. The molecule has 0 fully saturated rings. The van der Waals surface area contributed by atoms with Crippen molar-refractivity contribution in [3.8, 4) is 5.69 Å². The maximum atomic E-state index is 5.67. The zero-order valence-corrected chi connectivity index (χ0v) is 18.9. The van der Waals surface area contributed by atoms with Crippen molar-refractivity contribution in [3.05, 3.63) is 94.9 Å². The summed E-state index contributed by atoms with van der Waals surface area (Å²) in [5.41, 5.74) is 8.62. The number of nitrogens with zero attached hydrogens (tertiary/aromatic N) is 2. The van der Waals surface area contributed by atoms with E-state index in [1.54, 1.807) is 0 Å². The third-order valence-corrected chi connectivity index (χ3v) is 5.80. The molecule has 2 heterocycles. The van der Waals surface area contributed by atoms with Gasteiger partial charge in [0, 0.05) is 47.3 Å². The quantitative estimate of drug-likeness (QED) is 0.267. The van der Waals surface area contributed by atoms with E-state index in [-0.39, 0.29) is 0 Å². The van der Waals surface area contributed by atoms with Crippen LogP contribution in [0.3, 0.4) is 0 Å². The Labute approximate surface area is 185 Å². The first kappa shape index (κ1) is 21.1. The highest BCUT2D eigenvalue weighted by molar-refractivity contribution is 5.78. The molecule has 2 aromatic carbocycles. The van der Waals surface area contributed by atoms with Gasteiger partial charge in [-0.15, -0.1) is 0 Å². The minimum absolute atomic E-state index is 0.706. The Bertz CT molecular complexity index is 1220. The van der Waals surface area contributed by atoms with Crippen LogP contribution in [0.4, 0.5) is 0 Å². The number of aryl methyl sites for hydroxylation is 2. The van der Waals surface area contributed by atoms with Crippen LogP contribution >= 0.6 is 0 Å². The molecule has 0 saturated carbocycles. The number of aromatic nitrogens is 2. The van der Waals surface area contributed by atoms with Gasteiger partial charge >= 0.3 is 0 Å². The largest absolute Gasteiger partial charge is 0.375 e. The summed E-state index contributed by atoms with van der Waals surface area (Å²) < 4.78 is 10.3. The number of hydrogen-bond donors (Lipinski definition) is 0. The number of hydrogen-bond acceptors (Lipinski definition) is 1. The Hall–Kier alpha value is -3.17. The maximum Gasteiger partial charge on any atom is 0.213 e. The molecule has 0 amide bonds. The van der Waals surface area contributed by atoms with Crippen LogP contribution in [0.5, 0.6) is 0 Å². The highest BCUT2D eigenvalue weighted by Crippen LogP contribution is 2.22. The van der Waals surface area contributed by atoms with Gasteiger partial charge in [-0.05, 0) is 69.7 Å². The lowest BCUT2D eigenvalue weighted by molar-refractivity contribution is -0.674. The standard InChI is InChI=1S/C28H31N2O/c1-5-31-18-17-29-26(15-13-25-19-21(2)11-16-28(25)29)14-12-24-20-22(3)30(23(24)4)27-9-7-6-8-10-27/h6-16,19-20H,5,17-18H2,1-4H3/q+1. The predicted octanol–water partition coefficient (Wildman–Crippen LogP) is 6.05. The fourth-order valence-electron chi connectivity index (χ4n) is 4.26. The number of rotatable bonds is 7. The Balaban J connectivity index is 1.73. The molecule has 0 aliphatic rings. The summed E-state index contributed by atoms with van der Waals surface area (Å²) in [4.78, 5) is 0. The van der Waals surface area contributed by atoms with E-state index in [4.69, 9.17) is 4.74 Å². The van der Waals surface area contributed by atoms with Gasteiger partial charge in [0.2, 0.25) is 11.2 Å². The zero-order chi connectivity index (χ0) is 21.8. The van der Waals surface area contributed by atoms with Crippen LogP contribution in [0.25, 0.3) is 28.7 Å². The van der Waals surface area contributed by atoms with Crippen molar-refractivity contribution in [2.45, 2.75) is 34.2 Å². The first-order valence-corrected chi connectivity index (χ1v) is 11.0. The van der Waals surface area contributed by atoms with E-state index < -0.39 is 0 Å². The van der Waals surface area contributed by atoms with Crippen molar-refractivity contribution in [1.29, 1.82) is 0 Å². The molecule has 0 bridgehead atoms. The van der Waals surface area contributed by atoms with Gasteiger partial charge in [0.15, 0.2) is 6.54 Å². The van der Waals surface area contributed by atoms with Crippen LogP contribution in [-0.4, -0.2) is 17.8 Å². The molecule has 0 saturated heterocycles. The Kier molecular flexibility index (Phi) is 6.34. The molecule has 0 spiro atoms. The van der Waals surface area contributed by atoms with Crippen molar-refractivity contribution in [3.63, 3.8) is 0 Å². The van der Waals surface area contributed by atoms with E-state index in [9.17, 15) is 0 Å². The summed E-state index contributed by atoms with van der Waals surface area (Å²) in [5.74, 6) is 0. The van der Waals surface area contributed by atoms with Crippen LogP contribution < -0.4 is 4.57 Å². The molecule has 3 nitrogen and oxygen atoms in total. The molecular formula is C28H31N2O+. The highest BCUT2D eigenvalue weighted by atomic mass is 16.5. The van der Waals surface area contributed by atoms with Gasteiger partial charge in [0.05, 0.1) is 0 Å². The van der Waals surface area contributed by atoms with Crippen molar-refractivity contribution in [1.82, 2.24) is 4.57 Å². The molecule has 4 rings (SSSR count). The number of fused-ring (bicyclic) bond motifs is 1. The number of benzene rings is 2. The minimum Gasteiger partial charge on any atom is -0.375 e. The van der Waals surface area contributed by atoms with Crippen molar-refractivity contribution in [2.75, 3.05) is 13.2 Å². The van der Waals surface area contributed by atoms with E-state index in [2.05, 4.69) is 109 Å². The third kappa shape index (κ3) is 4.47. The SMILES string of the molecule is CCOCC[n+]1c(/C=C/c2cc(C)n(-c3ccccc3)c2C)ccc2cc(C)ccc21. The van der Waals surface area contributed by atoms with Crippen LogP contribution in [0.1, 0.15) is 35.1 Å². The van der Waals surface area contributed by atoms with Crippen molar-refractivity contribution in [2.24, 2.45) is 0 Å². The smallest absolute Gasteiger partial charge is 0.213 e. The van der Waals surface area contributed by atoms with E-state index in [1.165, 1.54) is 44.8 Å². The molecule has 4 aromatic rings. The third-order valence-electron chi connectivity index (χ3n) is 5.80. The van der Waals surface area contributed by atoms with Gasteiger partial charge in [0.25, 0.3) is 0 Å². The summed E-state index contributed by atoms with van der Waals surface area (Å²) in [7, 11) is 0. The second-order valence-corrected chi connectivity index (χ2v) is 8.00. The van der Waals surface area contributed by atoms with Crippen LogP contribution in [0, 0.1) is 20.8 Å². The molecule has 31 heavy (non-hydrogen) atoms. The van der Waals surface area contributed by atoms with Crippen LogP contribution in [-0.2, 0) is 11.3 Å². The van der Waals surface area contributed by atoms with Gasteiger partial charge in [-0.3, -0.25) is 0 Å². The van der Waals surface area contributed by atoms with Crippen molar-refractivity contribution >= 4 is 23.1 Å². The monoisotopic (exact) mass is 411 g/mol. The second-order valence-electron chi connectivity index (χ2n) is 8.00. The van der Waals surface area contributed by atoms with E-state index in [0.717, 1.165) is 13.2 Å². The molecule has 0 unspecified atom stereocenters. The normalized spacial score (nSPS) is 11.6. The summed E-state index contributed by atoms with van der Waals surface area (Å²) >= 11 is 0. The van der Waals surface area contributed by atoms with Gasteiger partial charge in [-0.2, -0.15) is 4.57 Å². The summed E-state index contributed by atoms with van der Waals surface area (Å²) in [6, 6.07) is 23.9. The predicted molar refractivity (Wildman–Crippen MR) is 130 cm³/mol. The highest BCUT2D eigenvalue weighted by Gasteiger charge is 2.15. The lowest BCUT2D eigenvalue weighted by Gasteiger charge is -2.09. The number of ether oxygens (including phenoxy) is 1. The zero-order valence-electron chi connectivity index (χ0n) is 18.9. The minimum atomic E-state index is 0.706. The van der Waals surface area contributed by atoms with Gasteiger partial charge in [0.1, 0.15) is 6.61 Å². The second kappa shape index (κ2) is 9.32. The lowest BCUT2D eigenvalue weighted by Crippen LogP contribution is -2.40. The Morgan fingerprint density at radius 3 is 2.48 bits per heavy atom. The van der Waals surface area contributed by atoms with Gasteiger partial charge < -0.3 is 9.30 Å². The molecule has 0 aliphatic carbocycles. The fourth-order valence-corrected chi connectivity index (χ4v) is 4.26. The van der Waals surface area contributed by atoms with E-state index in [0.29, 0.717) is 6.61 Å². The van der Waals surface area contributed by atoms with Crippen LogP contribution in [0.15, 0.2) is 66.7 Å².